The van der Waals surface area contributed by atoms with Gasteiger partial charge in [0.15, 0.2) is 5.76 Å². The van der Waals surface area contributed by atoms with Crippen LogP contribution in [0.25, 0.3) is 0 Å². The maximum Gasteiger partial charge on any atom is 0.287 e. The molecule has 0 bridgehead atoms. The first-order chi connectivity index (χ1) is 10.2. The molecule has 0 saturated carbocycles. The van der Waals surface area contributed by atoms with Crippen molar-refractivity contribution in [2.75, 3.05) is 13.1 Å². The summed E-state index contributed by atoms with van der Waals surface area (Å²) in [6.45, 7) is 3.41. The van der Waals surface area contributed by atoms with Crippen LogP contribution in [0.4, 0.5) is 0 Å². The van der Waals surface area contributed by atoms with Crippen LogP contribution in [0.2, 0.25) is 0 Å². The van der Waals surface area contributed by atoms with E-state index in [0.717, 1.165) is 12.2 Å². The second-order valence-corrected chi connectivity index (χ2v) is 5.05. The number of nitrogens with zero attached hydrogens (tertiary/aromatic N) is 2. The van der Waals surface area contributed by atoms with Crippen molar-refractivity contribution < 1.29 is 14.0 Å². The van der Waals surface area contributed by atoms with Crippen molar-refractivity contribution >= 4 is 11.8 Å². The molecule has 21 heavy (non-hydrogen) atoms. The van der Waals surface area contributed by atoms with Gasteiger partial charge in [0.25, 0.3) is 5.91 Å². The number of carbonyl (C=O) groups is 2. The van der Waals surface area contributed by atoms with E-state index in [1.165, 1.54) is 6.26 Å². The van der Waals surface area contributed by atoms with Gasteiger partial charge in [-0.05, 0) is 31.2 Å². The molecule has 2 aromatic heterocycles. The van der Waals surface area contributed by atoms with Gasteiger partial charge in [0, 0.05) is 25.0 Å². The highest BCUT2D eigenvalue weighted by Gasteiger charge is 2.27. The van der Waals surface area contributed by atoms with Crippen LogP contribution in [0.15, 0.2) is 41.1 Å². The first-order valence-corrected chi connectivity index (χ1v) is 6.93. The van der Waals surface area contributed by atoms with Crippen molar-refractivity contribution in [3.8, 4) is 0 Å². The fourth-order valence-corrected chi connectivity index (χ4v) is 2.67. The predicted octanol–water partition coefficient (Wildman–Crippen LogP) is 1.41. The molecule has 6 nitrogen and oxygen atoms in total. The molecule has 6 heteroatoms. The number of hydrogen-bond acceptors (Lipinski definition) is 3. The Labute approximate surface area is 122 Å². The molecule has 2 aromatic rings. The average molecular weight is 287 g/mol. The Morgan fingerprint density at radius 2 is 2.19 bits per heavy atom. The molecule has 1 atom stereocenters. The summed E-state index contributed by atoms with van der Waals surface area (Å²) in [6.07, 6.45) is 3.45. The van der Waals surface area contributed by atoms with Gasteiger partial charge in [0.05, 0.1) is 18.8 Å². The zero-order chi connectivity index (χ0) is 14.8. The van der Waals surface area contributed by atoms with E-state index in [0.29, 0.717) is 6.54 Å². The lowest BCUT2D eigenvalue weighted by molar-refractivity contribution is -0.133. The number of fused-ring (bicyclic) bond motifs is 1. The van der Waals surface area contributed by atoms with Crippen LogP contribution < -0.4 is 5.32 Å². The maximum absolute atomic E-state index is 12.3. The number of carbonyl (C=O) groups excluding carboxylic acids is 2. The first-order valence-electron chi connectivity index (χ1n) is 6.93. The third-order valence-corrected chi connectivity index (χ3v) is 3.81. The number of amides is 2. The van der Waals surface area contributed by atoms with Crippen LogP contribution in [-0.4, -0.2) is 34.4 Å². The Morgan fingerprint density at radius 3 is 2.95 bits per heavy atom. The molecule has 0 radical (unpaired) electrons. The van der Waals surface area contributed by atoms with Crippen LogP contribution in [0, 0.1) is 0 Å². The Hall–Kier alpha value is -2.50. The van der Waals surface area contributed by atoms with Crippen molar-refractivity contribution in [2.24, 2.45) is 0 Å². The molecule has 3 heterocycles. The SMILES string of the molecule is C[C@H]1c2cccn2CCN1C(=O)CNC(=O)c1ccco1. The molecule has 0 saturated heterocycles. The van der Waals surface area contributed by atoms with Crippen molar-refractivity contribution in [1.82, 2.24) is 14.8 Å². The van der Waals surface area contributed by atoms with Crippen LogP contribution in [-0.2, 0) is 11.3 Å². The van der Waals surface area contributed by atoms with Crippen molar-refractivity contribution in [3.05, 3.63) is 48.2 Å². The molecule has 1 aliphatic heterocycles. The summed E-state index contributed by atoms with van der Waals surface area (Å²) in [6, 6.07) is 7.22. The lowest BCUT2D eigenvalue weighted by Gasteiger charge is -2.35. The number of aromatic nitrogens is 1. The Bertz CT molecular complexity index is 645. The van der Waals surface area contributed by atoms with Crippen molar-refractivity contribution in [3.63, 3.8) is 0 Å². The van der Waals surface area contributed by atoms with Crippen LogP contribution in [0.1, 0.15) is 29.2 Å². The van der Waals surface area contributed by atoms with Gasteiger partial charge < -0.3 is 19.2 Å². The zero-order valence-corrected chi connectivity index (χ0v) is 11.8. The Morgan fingerprint density at radius 1 is 1.33 bits per heavy atom. The molecule has 1 N–H and O–H groups in total. The summed E-state index contributed by atoms with van der Waals surface area (Å²) in [7, 11) is 0. The molecular weight excluding hydrogens is 270 g/mol. The molecule has 0 unspecified atom stereocenters. The summed E-state index contributed by atoms with van der Waals surface area (Å²) in [5.41, 5.74) is 1.12. The summed E-state index contributed by atoms with van der Waals surface area (Å²) in [5, 5.41) is 2.59. The maximum atomic E-state index is 12.3. The van der Waals surface area contributed by atoms with Gasteiger partial charge in [-0.15, -0.1) is 0 Å². The smallest absolute Gasteiger partial charge is 0.287 e. The molecule has 1 aliphatic rings. The quantitative estimate of drug-likeness (QED) is 0.928. The van der Waals surface area contributed by atoms with Crippen LogP contribution in [0.3, 0.4) is 0 Å². The van der Waals surface area contributed by atoms with Gasteiger partial charge in [-0.25, -0.2) is 0 Å². The molecule has 0 aromatic carbocycles. The number of nitrogens with one attached hydrogen (secondary N) is 1. The normalized spacial score (nSPS) is 17.4. The minimum atomic E-state index is -0.374. The summed E-state index contributed by atoms with van der Waals surface area (Å²) in [5.74, 6) is -0.250. The standard InChI is InChI=1S/C15H17N3O3/c1-11-12-4-2-6-17(12)7-8-18(11)14(19)10-16-15(20)13-5-3-9-21-13/h2-6,9,11H,7-8,10H2,1H3,(H,16,20)/t11-/m0/s1. The van der Waals surface area contributed by atoms with Gasteiger partial charge >= 0.3 is 0 Å². The molecule has 0 spiro atoms. The molecule has 110 valence electrons. The zero-order valence-electron chi connectivity index (χ0n) is 11.8. The second-order valence-electron chi connectivity index (χ2n) is 5.05. The predicted molar refractivity (Wildman–Crippen MR) is 75.6 cm³/mol. The lowest BCUT2D eigenvalue weighted by atomic mass is 10.1. The molecule has 3 rings (SSSR count). The van der Waals surface area contributed by atoms with E-state index in [-0.39, 0.29) is 30.2 Å². The van der Waals surface area contributed by atoms with E-state index in [9.17, 15) is 9.59 Å². The van der Waals surface area contributed by atoms with E-state index < -0.39 is 0 Å². The third-order valence-electron chi connectivity index (χ3n) is 3.81. The lowest BCUT2D eigenvalue weighted by Crippen LogP contribution is -2.45. The van der Waals surface area contributed by atoms with Gasteiger partial charge in [0.2, 0.25) is 5.91 Å². The van der Waals surface area contributed by atoms with E-state index in [2.05, 4.69) is 9.88 Å². The van der Waals surface area contributed by atoms with Gasteiger partial charge in [-0.1, -0.05) is 0 Å². The molecule has 0 fully saturated rings. The van der Waals surface area contributed by atoms with E-state index in [4.69, 9.17) is 4.42 Å². The Kier molecular flexibility index (Phi) is 3.51. The highest BCUT2D eigenvalue weighted by Crippen LogP contribution is 2.24. The largest absolute Gasteiger partial charge is 0.459 e. The highest BCUT2D eigenvalue weighted by molar-refractivity contribution is 5.94. The monoisotopic (exact) mass is 287 g/mol. The first kappa shape index (κ1) is 13.5. The third kappa shape index (κ3) is 2.56. The van der Waals surface area contributed by atoms with Gasteiger partial charge in [-0.3, -0.25) is 9.59 Å². The Balaban J connectivity index is 1.60. The number of rotatable bonds is 3. The number of furan rings is 1. The van der Waals surface area contributed by atoms with Crippen molar-refractivity contribution in [1.29, 1.82) is 0 Å². The van der Waals surface area contributed by atoms with Gasteiger partial charge in [-0.2, -0.15) is 0 Å². The summed E-state index contributed by atoms with van der Waals surface area (Å²) >= 11 is 0. The second kappa shape index (κ2) is 5.47. The van der Waals surface area contributed by atoms with Crippen LogP contribution in [0.5, 0.6) is 0 Å². The van der Waals surface area contributed by atoms with E-state index in [1.54, 1.807) is 17.0 Å². The number of hydrogen-bond donors (Lipinski definition) is 1. The van der Waals surface area contributed by atoms with Gasteiger partial charge in [0.1, 0.15) is 0 Å². The minimum Gasteiger partial charge on any atom is -0.459 e. The highest BCUT2D eigenvalue weighted by atomic mass is 16.3. The van der Waals surface area contributed by atoms with Crippen molar-refractivity contribution in [2.45, 2.75) is 19.5 Å². The topological polar surface area (TPSA) is 67.5 Å². The van der Waals surface area contributed by atoms with E-state index >= 15 is 0 Å². The minimum absolute atomic E-state index is 0.0155. The summed E-state index contributed by atoms with van der Waals surface area (Å²) < 4.78 is 7.14. The molecule has 0 aliphatic carbocycles. The summed E-state index contributed by atoms with van der Waals surface area (Å²) in [4.78, 5) is 25.8. The average Bonchev–Trinajstić information content (AvgIpc) is 3.15. The molecule has 2 amide bonds. The fourth-order valence-electron chi connectivity index (χ4n) is 2.67. The van der Waals surface area contributed by atoms with E-state index in [1.807, 2.05) is 25.3 Å². The van der Waals surface area contributed by atoms with Crippen LogP contribution >= 0.6 is 0 Å². The molecular formula is C15H17N3O3. The fraction of sp³-hybridized carbons (Fsp3) is 0.333.